The minimum absolute atomic E-state index is 0.308. The van der Waals surface area contributed by atoms with Gasteiger partial charge in [0.05, 0.1) is 19.3 Å². The van der Waals surface area contributed by atoms with Crippen LogP contribution in [0.1, 0.15) is 40.0 Å². The van der Waals surface area contributed by atoms with Crippen LogP contribution in [0.4, 0.5) is 0 Å². The van der Waals surface area contributed by atoms with Crippen LogP contribution in [0.25, 0.3) is 0 Å². The van der Waals surface area contributed by atoms with Crippen LogP contribution in [-0.4, -0.2) is 52.0 Å². The molecule has 1 aliphatic heterocycles. The summed E-state index contributed by atoms with van der Waals surface area (Å²) in [5.74, 6) is 1.41. The first-order valence-electron chi connectivity index (χ1n) is 8.49. The number of hydrogen-bond donors (Lipinski definition) is 2. The van der Waals surface area contributed by atoms with Gasteiger partial charge in [-0.2, -0.15) is 0 Å². The van der Waals surface area contributed by atoms with Crippen molar-refractivity contribution in [1.29, 1.82) is 0 Å². The smallest absolute Gasteiger partial charge is 0.190 e. The molecule has 0 aromatic heterocycles. The zero-order valence-corrected chi connectivity index (χ0v) is 14.7. The molecule has 5 heteroatoms. The second-order valence-corrected chi connectivity index (χ2v) is 5.89. The normalized spacial score (nSPS) is 17.3. The van der Waals surface area contributed by atoms with E-state index in [9.17, 15) is 0 Å². The van der Waals surface area contributed by atoms with Gasteiger partial charge in [0.15, 0.2) is 5.96 Å². The van der Waals surface area contributed by atoms with E-state index in [4.69, 9.17) is 9.47 Å². The quantitative estimate of drug-likeness (QED) is 0.390. The van der Waals surface area contributed by atoms with Gasteiger partial charge in [-0.25, -0.2) is 0 Å². The summed E-state index contributed by atoms with van der Waals surface area (Å²) in [5, 5.41) is 6.73. The second kappa shape index (κ2) is 11.5. The maximum atomic E-state index is 5.76. The van der Waals surface area contributed by atoms with Crippen molar-refractivity contribution in [1.82, 2.24) is 10.6 Å². The fraction of sp³-hybridized carbons (Fsp3) is 0.824. The fourth-order valence-electron chi connectivity index (χ4n) is 2.51. The Morgan fingerprint density at radius 2 is 2.14 bits per heavy atom. The minimum atomic E-state index is 0.308. The first kappa shape index (κ1) is 19.0. The Balaban J connectivity index is 2.20. The summed E-state index contributed by atoms with van der Waals surface area (Å²) in [7, 11) is 1.81. The number of hydrogen-bond acceptors (Lipinski definition) is 3. The number of aliphatic imine (C=N–C) groups is 1. The Morgan fingerprint density at radius 1 is 1.36 bits per heavy atom. The van der Waals surface area contributed by atoms with E-state index in [1.165, 1.54) is 5.57 Å². The zero-order valence-electron chi connectivity index (χ0n) is 14.7. The summed E-state index contributed by atoms with van der Waals surface area (Å²) in [4.78, 5) is 4.27. The van der Waals surface area contributed by atoms with Crippen molar-refractivity contribution in [3.63, 3.8) is 0 Å². The Labute approximate surface area is 135 Å². The highest BCUT2D eigenvalue weighted by molar-refractivity contribution is 5.79. The summed E-state index contributed by atoms with van der Waals surface area (Å²) < 4.78 is 11.1. The number of ether oxygens (including phenoxy) is 2. The van der Waals surface area contributed by atoms with Crippen molar-refractivity contribution < 1.29 is 9.47 Å². The third-order valence-corrected chi connectivity index (χ3v) is 3.87. The lowest BCUT2D eigenvalue weighted by Crippen LogP contribution is -2.39. The molecule has 0 radical (unpaired) electrons. The van der Waals surface area contributed by atoms with Crippen LogP contribution in [0.3, 0.4) is 0 Å². The van der Waals surface area contributed by atoms with Crippen LogP contribution in [0.5, 0.6) is 0 Å². The highest BCUT2D eigenvalue weighted by atomic mass is 16.5. The SMILES string of the molecule is CCOC(CCNC(=NC)NCCC1=CCOCC1)C(C)C. The van der Waals surface area contributed by atoms with E-state index in [1.807, 2.05) is 14.0 Å². The molecular formula is C17H33N3O2. The van der Waals surface area contributed by atoms with Crippen molar-refractivity contribution in [2.24, 2.45) is 10.9 Å². The monoisotopic (exact) mass is 311 g/mol. The molecule has 0 aliphatic carbocycles. The topological polar surface area (TPSA) is 54.9 Å². The predicted molar refractivity (Wildman–Crippen MR) is 92.4 cm³/mol. The van der Waals surface area contributed by atoms with E-state index in [0.717, 1.165) is 58.1 Å². The number of nitrogens with zero attached hydrogens (tertiary/aromatic N) is 1. The maximum absolute atomic E-state index is 5.76. The summed E-state index contributed by atoms with van der Waals surface area (Å²) in [6, 6.07) is 0. The molecule has 1 rings (SSSR count). The molecular weight excluding hydrogens is 278 g/mol. The minimum Gasteiger partial charge on any atom is -0.378 e. The van der Waals surface area contributed by atoms with E-state index < -0.39 is 0 Å². The second-order valence-electron chi connectivity index (χ2n) is 5.89. The number of rotatable bonds is 9. The first-order chi connectivity index (χ1) is 10.7. The summed E-state index contributed by atoms with van der Waals surface area (Å²) in [6.45, 7) is 10.6. The molecule has 1 aliphatic rings. The molecule has 0 aromatic rings. The highest BCUT2D eigenvalue weighted by Gasteiger charge is 2.13. The van der Waals surface area contributed by atoms with E-state index in [-0.39, 0.29) is 0 Å². The molecule has 0 saturated carbocycles. The average molecular weight is 311 g/mol. The van der Waals surface area contributed by atoms with Gasteiger partial charge in [0, 0.05) is 26.7 Å². The Morgan fingerprint density at radius 3 is 2.73 bits per heavy atom. The number of nitrogens with one attached hydrogen (secondary N) is 2. The molecule has 2 N–H and O–H groups in total. The summed E-state index contributed by atoms with van der Waals surface area (Å²) >= 11 is 0. The Hall–Kier alpha value is -1.07. The Kier molecular flexibility index (Phi) is 9.91. The molecule has 0 fully saturated rings. The van der Waals surface area contributed by atoms with Crippen molar-refractivity contribution in [3.05, 3.63) is 11.6 Å². The summed E-state index contributed by atoms with van der Waals surface area (Å²) in [5.41, 5.74) is 1.48. The van der Waals surface area contributed by atoms with Gasteiger partial charge in [0.2, 0.25) is 0 Å². The predicted octanol–water partition coefficient (Wildman–Crippen LogP) is 2.34. The first-order valence-corrected chi connectivity index (χ1v) is 8.49. The molecule has 0 bridgehead atoms. The Bertz CT molecular complexity index is 354. The van der Waals surface area contributed by atoms with Crippen LogP contribution >= 0.6 is 0 Å². The van der Waals surface area contributed by atoms with Gasteiger partial charge >= 0.3 is 0 Å². The third kappa shape index (κ3) is 7.80. The molecule has 0 amide bonds. The third-order valence-electron chi connectivity index (χ3n) is 3.87. The van der Waals surface area contributed by atoms with E-state index in [0.29, 0.717) is 12.0 Å². The van der Waals surface area contributed by atoms with Crippen LogP contribution in [0.15, 0.2) is 16.6 Å². The van der Waals surface area contributed by atoms with Crippen LogP contribution in [0.2, 0.25) is 0 Å². The molecule has 5 nitrogen and oxygen atoms in total. The zero-order chi connectivity index (χ0) is 16.2. The molecule has 1 heterocycles. The molecule has 0 aromatic carbocycles. The lowest BCUT2D eigenvalue weighted by molar-refractivity contribution is 0.0258. The van der Waals surface area contributed by atoms with E-state index in [1.54, 1.807) is 0 Å². The largest absolute Gasteiger partial charge is 0.378 e. The molecule has 0 spiro atoms. The highest BCUT2D eigenvalue weighted by Crippen LogP contribution is 2.11. The molecule has 22 heavy (non-hydrogen) atoms. The van der Waals surface area contributed by atoms with Gasteiger partial charge in [-0.15, -0.1) is 0 Å². The maximum Gasteiger partial charge on any atom is 0.190 e. The van der Waals surface area contributed by atoms with Crippen LogP contribution < -0.4 is 10.6 Å². The standard InChI is InChI=1S/C17H33N3O2/c1-5-22-16(14(2)3)7-11-20-17(18-4)19-10-6-15-8-12-21-13-9-15/h8,14,16H,5-7,9-13H2,1-4H3,(H2,18,19,20). The van der Waals surface area contributed by atoms with Gasteiger partial charge in [-0.1, -0.05) is 25.5 Å². The van der Waals surface area contributed by atoms with Crippen molar-refractivity contribution in [2.45, 2.75) is 46.1 Å². The van der Waals surface area contributed by atoms with Crippen molar-refractivity contribution >= 4 is 5.96 Å². The lowest BCUT2D eigenvalue weighted by atomic mass is 10.0. The molecule has 1 unspecified atom stereocenters. The van der Waals surface area contributed by atoms with Crippen molar-refractivity contribution in [2.75, 3.05) is 40.0 Å². The van der Waals surface area contributed by atoms with Gasteiger partial charge in [0.25, 0.3) is 0 Å². The van der Waals surface area contributed by atoms with Gasteiger partial charge in [-0.3, -0.25) is 4.99 Å². The van der Waals surface area contributed by atoms with Crippen molar-refractivity contribution in [3.8, 4) is 0 Å². The number of guanidine groups is 1. The van der Waals surface area contributed by atoms with E-state index >= 15 is 0 Å². The molecule has 1 atom stereocenters. The molecule has 128 valence electrons. The van der Waals surface area contributed by atoms with Crippen LogP contribution in [-0.2, 0) is 9.47 Å². The van der Waals surface area contributed by atoms with Gasteiger partial charge < -0.3 is 20.1 Å². The lowest BCUT2D eigenvalue weighted by Gasteiger charge is -2.21. The van der Waals surface area contributed by atoms with E-state index in [2.05, 4.69) is 35.5 Å². The van der Waals surface area contributed by atoms with Gasteiger partial charge in [-0.05, 0) is 32.1 Å². The van der Waals surface area contributed by atoms with Gasteiger partial charge in [0.1, 0.15) is 0 Å². The van der Waals surface area contributed by atoms with Crippen LogP contribution in [0, 0.1) is 5.92 Å². The summed E-state index contributed by atoms with van der Waals surface area (Å²) in [6.07, 6.45) is 5.60. The fourth-order valence-corrected chi connectivity index (χ4v) is 2.51. The average Bonchev–Trinajstić information content (AvgIpc) is 2.53. The molecule has 0 saturated heterocycles.